The minimum atomic E-state index is -4.98. The van der Waals surface area contributed by atoms with Crippen molar-refractivity contribution in [1.29, 1.82) is 0 Å². The van der Waals surface area contributed by atoms with E-state index in [-0.39, 0.29) is 20.1 Å². The van der Waals surface area contributed by atoms with Gasteiger partial charge < -0.3 is 0 Å². The lowest BCUT2D eigenvalue weighted by Gasteiger charge is -2.24. The summed E-state index contributed by atoms with van der Waals surface area (Å²) < 4.78 is 107. The highest BCUT2D eigenvalue weighted by Gasteiger charge is 2.49. The zero-order valence-electron chi connectivity index (χ0n) is 21.5. The molecule has 0 saturated heterocycles. The van der Waals surface area contributed by atoms with Crippen LogP contribution in [-0.4, -0.2) is 42.8 Å². The summed E-state index contributed by atoms with van der Waals surface area (Å²) in [5.74, 6) is 0. The zero-order valence-corrected chi connectivity index (χ0v) is 27.8. The Labute approximate surface area is 269 Å². The van der Waals surface area contributed by atoms with E-state index in [1.165, 1.54) is 48.5 Å². The van der Waals surface area contributed by atoms with Gasteiger partial charge in [0.2, 0.25) is 0 Å². The molecule has 8 nitrogen and oxygen atoms in total. The van der Waals surface area contributed by atoms with Gasteiger partial charge in [0.05, 0.1) is 19.6 Å². The molecule has 4 aromatic rings. The van der Waals surface area contributed by atoms with Gasteiger partial charge in [-0.05, 0) is 97.1 Å². The Hall–Kier alpha value is -2.16. The molecule has 4 aromatic carbocycles. The minimum Gasteiger partial charge on any atom is -0.222 e. The van der Waals surface area contributed by atoms with Gasteiger partial charge in [0, 0.05) is 26.5 Å². The first-order chi connectivity index (χ1) is 20.0. The van der Waals surface area contributed by atoms with Crippen LogP contribution in [0.4, 0.5) is 0 Å². The van der Waals surface area contributed by atoms with Gasteiger partial charge in [0.1, 0.15) is 0 Å². The third-order valence-corrected chi connectivity index (χ3v) is 17.6. The lowest BCUT2D eigenvalue weighted by atomic mass is 10.4. The van der Waals surface area contributed by atoms with Crippen LogP contribution in [0.3, 0.4) is 0 Å². The van der Waals surface area contributed by atoms with E-state index in [9.17, 15) is 33.7 Å². The normalized spacial score (nSPS) is 13.0. The van der Waals surface area contributed by atoms with Gasteiger partial charge in [0.25, 0.3) is 0 Å². The van der Waals surface area contributed by atoms with E-state index < -0.39 is 74.5 Å². The predicted molar refractivity (Wildman–Crippen MR) is 167 cm³/mol. The summed E-state index contributed by atoms with van der Waals surface area (Å²) in [6.07, 6.45) is -1.40. The molecule has 16 heteroatoms. The van der Waals surface area contributed by atoms with Crippen molar-refractivity contribution in [3.63, 3.8) is 0 Å². The number of sulfone groups is 4. The number of halogens is 4. The first-order valence-corrected chi connectivity index (χ1v) is 19.6. The van der Waals surface area contributed by atoms with Crippen molar-refractivity contribution >= 4 is 85.8 Å². The lowest BCUT2D eigenvalue weighted by Crippen LogP contribution is -2.40. The summed E-state index contributed by atoms with van der Waals surface area (Å²) >= 11 is 23.6. The fourth-order valence-electron chi connectivity index (χ4n) is 4.10. The SMILES string of the molecule is O=S(=O)(c1ccc(Cl)cc1)C(CC(S(=O)(=O)c1ccc(Cl)cc1)S(=O)(=O)c1ccc(Cl)cc1)S(=O)(=O)c1ccc(Cl)cc1. The van der Waals surface area contributed by atoms with E-state index in [0.29, 0.717) is 0 Å². The first-order valence-electron chi connectivity index (χ1n) is 12.0. The molecule has 4 rings (SSSR count). The molecule has 0 aliphatic rings. The first kappa shape index (κ1) is 33.7. The van der Waals surface area contributed by atoms with Gasteiger partial charge in [-0.15, -0.1) is 0 Å². The standard InChI is InChI=1S/C27H20Cl4O8S4/c28-18-1-9-22(10-2-18)40(32,33)26(41(34,35)23-11-3-19(29)4-12-23)17-27(42(36,37)24-13-5-20(30)6-14-24)43(38,39)25-15-7-21(31)8-16-25/h1-16,26-27H,17H2. The third-order valence-electron chi connectivity index (χ3n) is 6.34. The van der Waals surface area contributed by atoms with Gasteiger partial charge in [0.15, 0.2) is 48.5 Å². The Morgan fingerprint density at radius 1 is 0.349 bits per heavy atom. The Bertz CT molecular complexity index is 1760. The fourth-order valence-corrected chi connectivity index (χ4v) is 14.2. The molecule has 0 radical (unpaired) electrons. The molecular weight excluding hydrogens is 722 g/mol. The molecule has 0 aliphatic carbocycles. The van der Waals surface area contributed by atoms with Crippen LogP contribution in [-0.2, 0) is 39.3 Å². The topological polar surface area (TPSA) is 137 Å². The molecule has 0 N–H and O–H groups in total. The lowest BCUT2D eigenvalue weighted by molar-refractivity contribution is 0.559. The molecule has 0 saturated carbocycles. The summed E-state index contributed by atoms with van der Waals surface area (Å²) in [7, 11) is -19.9. The van der Waals surface area contributed by atoms with E-state index in [2.05, 4.69) is 0 Å². The van der Waals surface area contributed by atoms with Crippen LogP contribution in [0.1, 0.15) is 6.42 Å². The van der Waals surface area contributed by atoms with Gasteiger partial charge in [-0.2, -0.15) is 0 Å². The molecular formula is C27H20Cl4O8S4. The molecule has 0 heterocycles. The largest absolute Gasteiger partial charge is 0.222 e. The molecule has 43 heavy (non-hydrogen) atoms. The molecule has 0 aliphatic heterocycles. The van der Waals surface area contributed by atoms with Gasteiger partial charge >= 0.3 is 0 Å². The third kappa shape index (κ3) is 7.07. The second-order valence-electron chi connectivity index (χ2n) is 9.09. The summed E-state index contributed by atoms with van der Waals surface area (Å²) in [5.41, 5.74) is 0. The average Bonchev–Trinajstić information content (AvgIpc) is 2.93. The zero-order chi connectivity index (χ0) is 31.8. The second kappa shape index (κ2) is 12.7. The number of rotatable bonds is 10. The molecule has 0 bridgehead atoms. The van der Waals surface area contributed by atoms with E-state index in [0.717, 1.165) is 48.5 Å². The van der Waals surface area contributed by atoms with Crippen molar-refractivity contribution in [1.82, 2.24) is 0 Å². The number of hydrogen-bond acceptors (Lipinski definition) is 8. The maximum Gasteiger partial charge on any atom is 0.196 e. The van der Waals surface area contributed by atoms with Crippen molar-refractivity contribution in [3.05, 3.63) is 117 Å². The molecule has 0 unspecified atom stereocenters. The molecule has 0 atom stereocenters. The Balaban J connectivity index is 2.01. The molecule has 0 spiro atoms. The van der Waals surface area contributed by atoms with Crippen LogP contribution < -0.4 is 0 Å². The summed E-state index contributed by atoms with van der Waals surface area (Å²) in [4.78, 5) is -2.09. The highest BCUT2D eigenvalue weighted by molar-refractivity contribution is 8.10. The average molecular weight is 743 g/mol. The van der Waals surface area contributed by atoms with Crippen molar-refractivity contribution in [2.75, 3.05) is 0 Å². The Morgan fingerprint density at radius 2 is 0.512 bits per heavy atom. The fraction of sp³-hybridized carbons (Fsp3) is 0.111. The predicted octanol–water partition coefficient (Wildman–Crippen LogP) is 6.54. The van der Waals surface area contributed by atoms with Gasteiger partial charge in [-0.3, -0.25) is 0 Å². The maximum atomic E-state index is 14.0. The van der Waals surface area contributed by atoms with Crippen LogP contribution in [0.2, 0.25) is 20.1 Å². The maximum absolute atomic E-state index is 14.0. The highest BCUT2D eigenvalue weighted by atomic mass is 35.5. The van der Waals surface area contributed by atoms with E-state index in [4.69, 9.17) is 46.4 Å². The van der Waals surface area contributed by atoms with Crippen molar-refractivity contribution < 1.29 is 33.7 Å². The summed E-state index contributed by atoms with van der Waals surface area (Å²) in [6, 6.07) is 17.9. The van der Waals surface area contributed by atoms with Crippen LogP contribution in [0.25, 0.3) is 0 Å². The number of benzene rings is 4. The van der Waals surface area contributed by atoms with Gasteiger partial charge in [-0.1, -0.05) is 46.4 Å². The molecule has 0 aromatic heterocycles. The molecule has 0 fully saturated rings. The van der Waals surface area contributed by atoms with E-state index >= 15 is 0 Å². The van der Waals surface area contributed by atoms with Gasteiger partial charge in [-0.25, -0.2) is 33.7 Å². The van der Waals surface area contributed by atoms with Crippen molar-refractivity contribution in [2.45, 2.75) is 35.2 Å². The van der Waals surface area contributed by atoms with Crippen LogP contribution in [0.15, 0.2) is 117 Å². The van der Waals surface area contributed by atoms with Crippen LogP contribution in [0, 0.1) is 0 Å². The van der Waals surface area contributed by atoms with E-state index in [1.807, 2.05) is 0 Å². The Kier molecular flexibility index (Phi) is 9.95. The summed E-state index contributed by atoms with van der Waals surface area (Å²) in [5, 5.41) is 0.572. The van der Waals surface area contributed by atoms with Crippen molar-refractivity contribution in [3.8, 4) is 0 Å². The smallest absolute Gasteiger partial charge is 0.196 e. The van der Waals surface area contributed by atoms with Crippen LogP contribution >= 0.6 is 46.4 Å². The Morgan fingerprint density at radius 3 is 0.674 bits per heavy atom. The summed E-state index contributed by atoms with van der Waals surface area (Å²) in [6.45, 7) is 0. The highest BCUT2D eigenvalue weighted by Crippen LogP contribution is 2.36. The molecule has 0 amide bonds. The van der Waals surface area contributed by atoms with Crippen molar-refractivity contribution in [2.24, 2.45) is 0 Å². The molecule has 228 valence electrons. The second-order valence-corrected chi connectivity index (χ2v) is 20.0. The quantitative estimate of drug-likeness (QED) is 0.179. The van der Waals surface area contributed by atoms with Crippen LogP contribution in [0.5, 0.6) is 0 Å². The van der Waals surface area contributed by atoms with E-state index in [1.54, 1.807) is 0 Å². The monoisotopic (exact) mass is 740 g/mol. The number of hydrogen-bond donors (Lipinski definition) is 0. The minimum absolute atomic E-state index is 0.143.